The SMILES string of the molecule is COC1=N[C@@H](Cc2ccc(B3OC(C)(C)C(C)(C)O3)c3c2CCCO3)C(OC)=NC1C(C)C. The summed E-state index contributed by atoms with van der Waals surface area (Å²) in [5.41, 5.74) is 2.53. The number of benzene rings is 1. The van der Waals surface area contributed by atoms with E-state index < -0.39 is 18.3 Å². The van der Waals surface area contributed by atoms with Crippen LogP contribution < -0.4 is 10.2 Å². The summed E-state index contributed by atoms with van der Waals surface area (Å²) in [5, 5.41) is 0. The maximum atomic E-state index is 6.32. The van der Waals surface area contributed by atoms with E-state index in [9.17, 15) is 0 Å². The van der Waals surface area contributed by atoms with E-state index in [0.29, 0.717) is 24.8 Å². The molecule has 4 rings (SSSR count). The van der Waals surface area contributed by atoms with E-state index in [1.54, 1.807) is 14.2 Å². The summed E-state index contributed by atoms with van der Waals surface area (Å²) in [5.74, 6) is 2.47. The van der Waals surface area contributed by atoms with Gasteiger partial charge in [0.2, 0.25) is 11.8 Å². The smallest absolute Gasteiger partial charge is 0.494 e. The first-order valence-electron chi connectivity index (χ1n) is 11.9. The van der Waals surface area contributed by atoms with Crippen molar-refractivity contribution in [2.75, 3.05) is 20.8 Å². The molecule has 3 aliphatic heterocycles. The third kappa shape index (κ3) is 4.39. The average molecular weight is 456 g/mol. The lowest BCUT2D eigenvalue weighted by molar-refractivity contribution is 0.00578. The Hall–Kier alpha value is -2.06. The standard InChI is InChI=1S/C25H37BN2O5/c1-15(2)20-23(30-8)27-19(22(28-20)29-7)14-16-11-12-18(21-17(16)10-9-13-31-21)26-32-24(3,4)25(5,6)33-26/h11-12,15,19-20H,9-10,13-14H2,1-8H3/t19-,20?/m0/s1. The van der Waals surface area contributed by atoms with Crippen LogP contribution in [0, 0.1) is 5.92 Å². The molecule has 0 N–H and O–H groups in total. The fraction of sp³-hybridized carbons (Fsp3) is 0.680. The first-order chi connectivity index (χ1) is 15.6. The topological polar surface area (TPSA) is 70.9 Å². The number of hydrogen-bond acceptors (Lipinski definition) is 7. The summed E-state index contributed by atoms with van der Waals surface area (Å²) in [7, 11) is 2.87. The third-order valence-electron chi connectivity index (χ3n) is 7.26. The molecule has 1 saturated heterocycles. The number of hydrogen-bond donors (Lipinski definition) is 0. The maximum absolute atomic E-state index is 6.32. The molecule has 1 aromatic carbocycles. The van der Waals surface area contributed by atoms with E-state index >= 15 is 0 Å². The molecule has 8 heteroatoms. The second-order valence-electron chi connectivity index (χ2n) is 10.4. The molecule has 3 aliphatic rings. The first kappa shape index (κ1) is 24.1. The van der Waals surface area contributed by atoms with Gasteiger partial charge in [-0.05, 0) is 57.6 Å². The highest BCUT2D eigenvalue weighted by atomic mass is 16.7. The van der Waals surface area contributed by atoms with Crippen molar-refractivity contribution in [2.24, 2.45) is 15.9 Å². The van der Waals surface area contributed by atoms with Gasteiger partial charge in [-0.25, -0.2) is 9.98 Å². The van der Waals surface area contributed by atoms with Gasteiger partial charge < -0.3 is 23.5 Å². The predicted molar refractivity (Wildman–Crippen MR) is 131 cm³/mol. The Morgan fingerprint density at radius 1 is 1.03 bits per heavy atom. The molecule has 0 spiro atoms. The number of aliphatic imine (C=N–C) groups is 2. The normalized spacial score (nSPS) is 25.8. The summed E-state index contributed by atoms with van der Waals surface area (Å²) in [6, 6.07) is 3.88. The zero-order valence-electron chi connectivity index (χ0n) is 21.2. The summed E-state index contributed by atoms with van der Waals surface area (Å²) < 4.78 is 30.1. The van der Waals surface area contributed by atoms with Crippen LogP contribution in [0.15, 0.2) is 22.1 Å². The van der Waals surface area contributed by atoms with Crippen molar-refractivity contribution in [2.45, 2.75) is 84.1 Å². The van der Waals surface area contributed by atoms with Gasteiger partial charge in [0.05, 0.1) is 32.0 Å². The molecule has 33 heavy (non-hydrogen) atoms. The Labute approximate surface area is 198 Å². The highest BCUT2D eigenvalue weighted by molar-refractivity contribution is 6.63. The van der Waals surface area contributed by atoms with E-state index in [-0.39, 0.29) is 18.0 Å². The molecule has 7 nitrogen and oxygen atoms in total. The van der Waals surface area contributed by atoms with Crippen molar-refractivity contribution >= 4 is 24.4 Å². The van der Waals surface area contributed by atoms with Crippen LogP contribution in [0.5, 0.6) is 5.75 Å². The minimum Gasteiger partial charge on any atom is -0.494 e. The molecule has 1 unspecified atom stereocenters. The first-order valence-corrected chi connectivity index (χ1v) is 11.9. The zero-order valence-corrected chi connectivity index (χ0v) is 21.2. The van der Waals surface area contributed by atoms with Gasteiger partial charge in [-0.2, -0.15) is 0 Å². The van der Waals surface area contributed by atoms with Crippen LogP contribution in [-0.2, 0) is 31.6 Å². The minimum absolute atomic E-state index is 0.121. The third-order valence-corrected chi connectivity index (χ3v) is 7.26. The maximum Gasteiger partial charge on any atom is 0.498 e. The van der Waals surface area contributed by atoms with Crippen molar-refractivity contribution in [3.05, 3.63) is 23.3 Å². The molecule has 0 radical (unpaired) electrons. The molecule has 3 heterocycles. The van der Waals surface area contributed by atoms with Crippen molar-refractivity contribution in [3.63, 3.8) is 0 Å². The lowest BCUT2D eigenvalue weighted by Gasteiger charge is -2.32. The number of fused-ring (bicyclic) bond motifs is 1. The summed E-state index contributed by atoms with van der Waals surface area (Å²) in [6.45, 7) is 13.2. The van der Waals surface area contributed by atoms with Gasteiger partial charge in [-0.15, -0.1) is 0 Å². The fourth-order valence-electron chi connectivity index (χ4n) is 4.60. The van der Waals surface area contributed by atoms with Crippen LogP contribution in [0.2, 0.25) is 0 Å². The zero-order chi connectivity index (χ0) is 24.0. The number of rotatable bonds is 4. The van der Waals surface area contributed by atoms with Gasteiger partial charge >= 0.3 is 7.12 Å². The molecule has 180 valence electrons. The highest BCUT2D eigenvalue weighted by Gasteiger charge is 2.52. The molecular formula is C25H37BN2O5. The molecule has 0 aliphatic carbocycles. The van der Waals surface area contributed by atoms with Gasteiger partial charge in [-0.3, -0.25) is 0 Å². The number of methoxy groups -OCH3 is 2. The van der Waals surface area contributed by atoms with Crippen molar-refractivity contribution in [3.8, 4) is 5.75 Å². The van der Waals surface area contributed by atoms with Crippen LogP contribution >= 0.6 is 0 Å². The van der Waals surface area contributed by atoms with Crippen LogP contribution in [0.3, 0.4) is 0 Å². The van der Waals surface area contributed by atoms with Crippen LogP contribution in [0.1, 0.15) is 59.1 Å². The summed E-state index contributed by atoms with van der Waals surface area (Å²) in [4.78, 5) is 9.71. The Bertz CT molecular complexity index is 940. The lowest BCUT2D eigenvalue weighted by atomic mass is 9.75. The molecule has 0 amide bonds. The van der Waals surface area contributed by atoms with Crippen LogP contribution in [0.4, 0.5) is 0 Å². The van der Waals surface area contributed by atoms with Gasteiger partial charge in [0.25, 0.3) is 0 Å². The molecule has 2 atom stereocenters. The summed E-state index contributed by atoms with van der Waals surface area (Å²) in [6.07, 6.45) is 2.59. The molecule has 0 aromatic heterocycles. The largest absolute Gasteiger partial charge is 0.498 e. The van der Waals surface area contributed by atoms with Crippen molar-refractivity contribution in [1.29, 1.82) is 0 Å². The van der Waals surface area contributed by atoms with Gasteiger partial charge in [0.15, 0.2) is 0 Å². The van der Waals surface area contributed by atoms with Crippen LogP contribution in [0.25, 0.3) is 0 Å². The second-order valence-corrected chi connectivity index (χ2v) is 10.4. The van der Waals surface area contributed by atoms with Crippen molar-refractivity contribution in [1.82, 2.24) is 0 Å². The second kappa shape index (κ2) is 8.95. The van der Waals surface area contributed by atoms with E-state index in [2.05, 4.69) is 53.7 Å². The monoisotopic (exact) mass is 456 g/mol. The summed E-state index contributed by atoms with van der Waals surface area (Å²) >= 11 is 0. The minimum atomic E-state index is -0.452. The van der Waals surface area contributed by atoms with E-state index in [0.717, 1.165) is 24.1 Å². The predicted octanol–water partition coefficient (Wildman–Crippen LogP) is 3.35. The van der Waals surface area contributed by atoms with Gasteiger partial charge in [0.1, 0.15) is 17.8 Å². The number of nitrogens with zero attached hydrogens (tertiary/aromatic N) is 2. The Morgan fingerprint density at radius 3 is 2.30 bits per heavy atom. The van der Waals surface area contributed by atoms with Crippen molar-refractivity contribution < 1.29 is 23.5 Å². The van der Waals surface area contributed by atoms with E-state index in [4.69, 9.17) is 33.5 Å². The van der Waals surface area contributed by atoms with Gasteiger partial charge in [0, 0.05) is 11.9 Å². The average Bonchev–Trinajstić information content (AvgIpc) is 3.00. The molecule has 0 bridgehead atoms. The van der Waals surface area contributed by atoms with Gasteiger partial charge in [-0.1, -0.05) is 26.0 Å². The Morgan fingerprint density at radius 2 is 1.70 bits per heavy atom. The Balaban J connectivity index is 1.66. The molecular weight excluding hydrogens is 419 g/mol. The molecule has 0 saturated carbocycles. The molecule has 1 aromatic rings. The number of ether oxygens (including phenoxy) is 3. The lowest BCUT2D eigenvalue weighted by Crippen LogP contribution is -2.41. The quantitative estimate of drug-likeness (QED) is 0.650. The Kier molecular flexibility index (Phi) is 6.53. The highest BCUT2D eigenvalue weighted by Crippen LogP contribution is 2.38. The van der Waals surface area contributed by atoms with E-state index in [1.165, 1.54) is 11.1 Å². The van der Waals surface area contributed by atoms with E-state index in [1.807, 2.05) is 0 Å². The molecule has 1 fully saturated rings. The fourth-order valence-corrected chi connectivity index (χ4v) is 4.60. The van der Waals surface area contributed by atoms with Crippen LogP contribution in [-0.4, -0.2) is 63.0 Å².